The van der Waals surface area contributed by atoms with E-state index in [1.54, 1.807) is 43.3 Å². The molecule has 0 unspecified atom stereocenters. The van der Waals surface area contributed by atoms with Gasteiger partial charge in [0, 0.05) is 29.9 Å². The summed E-state index contributed by atoms with van der Waals surface area (Å²) in [6.07, 6.45) is 5.76. The summed E-state index contributed by atoms with van der Waals surface area (Å²) in [6.45, 7) is 15.8. The lowest BCUT2D eigenvalue weighted by molar-refractivity contribution is 0.0950. The van der Waals surface area contributed by atoms with Crippen LogP contribution in [0.4, 0.5) is 0 Å². The minimum absolute atomic E-state index is 0.0185. The zero-order valence-electron chi connectivity index (χ0n) is 29.0. The summed E-state index contributed by atoms with van der Waals surface area (Å²) in [5.74, 6) is 0.132. The molecule has 1 saturated carbocycles. The van der Waals surface area contributed by atoms with Crippen LogP contribution < -0.4 is 10.0 Å². The molecule has 1 aliphatic carbocycles. The number of nitrogens with zero attached hydrogens (tertiary/aromatic N) is 1. The lowest BCUT2D eigenvalue weighted by Gasteiger charge is -2.27. The van der Waals surface area contributed by atoms with Crippen molar-refractivity contribution >= 4 is 37.4 Å². The Kier molecular flexibility index (Phi) is 11.1. The minimum atomic E-state index is -3.82. The number of amides is 1. The highest BCUT2D eigenvalue weighted by molar-refractivity contribution is 7.91. The molecule has 0 bridgehead atoms. The molecule has 2 aromatic carbocycles. The maximum atomic E-state index is 13.8. The lowest BCUT2D eigenvalue weighted by Crippen LogP contribution is -2.41. The van der Waals surface area contributed by atoms with Crippen molar-refractivity contribution in [3.63, 3.8) is 0 Å². The first-order chi connectivity index (χ1) is 21.7. The molecule has 1 amide bonds. The number of aromatic nitrogens is 1. The second-order valence-electron chi connectivity index (χ2n) is 14.8. The summed E-state index contributed by atoms with van der Waals surface area (Å²) in [5, 5.41) is 3.30. The second-order valence-corrected chi connectivity index (χ2v) is 19.1. The van der Waals surface area contributed by atoms with Gasteiger partial charge in [0.25, 0.3) is 5.91 Å². The van der Waals surface area contributed by atoms with Gasteiger partial charge in [0.2, 0.25) is 10.0 Å². The van der Waals surface area contributed by atoms with E-state index in [1.165, 1.54) is 19.3 Å². The first-order valence-corrected chi connectivity index (χ1v) is 19.9. The molecule has 1 aromatic heterocycles. The summed E-state index contributed by atoms with van der Waals surface area (Å²) >= 11 is 7.16. The zero-order valence-corrected chi connectivity index (χ0v) is 31.3. The molecule has 47 heavy (non-hydrogen) atoms. The van der Waals surface area contributed by atoms with Crippen molar-refractivity contribution < 1.29 is 21.6 Å². The maximum absolute atomic E-state index is 13.8. The van der Waals surface area contributed by atoms with Gasteiger partial charge in [0.15, 0.2) is 9.84 Å². The monoisotopic (exact) mass is 703 g/mol. The van der Waals surface area contributed by atoms with Crippen LogP contribution in [0.25, 0.3) is 11.3 Å². The predicted octanol–water partition coefficient (Wildman–Crippen LogP) is 7.80. The number of sulfone groups is 1. The molecule has 1 aliphatic rings. The third-order valence-electron chi connectivity index (χ3n) is 8.76. The van der Waals surface area contributed by atoms with E-state index >= 15 is 0 Å². The van der Waals surface area contributed by atoms with Crippen LogP contribution in [0.1, 0.15) is 108 Å². The second kappa shape index (κ2) is 14.1. The number of hydrogen-bond donors (Lipinski definition) is 2. The minimum Gasteiger partial charge on any atom is -0.348 e. The van der Waals surface area contributed by atoms with Crippen molar-refractivity contribution in [2.24, 2.45) is 5.92 Å². The molecule has 0 atom stereocenters. The van der Waals surface area contributed by atoms with E-state index in [9.17, 15) is 21.6 Å². The zero-order chi connectivity index (χ0) is 34.9. The fraction of sp³-hybridized carbons (Fsp3) is 0.528. The maximum Gasteiger partial charge on any atom is 0.254 e. The first kappa shape index (κ1) is 37.2. The normalized spacial score (nSPS) is 15.2. The average molecular weight is 704 g/mol. The van der Waals surface area contributed by atoms with E-state index in [-0.39, 0.29) is 28.0 Å². The third kappa shape index (κ3) is 8.69. The van der Waals surface area contributed by atoms with Crippen LogP contribution in [0.15, 0.2) is 52.3 Å². The third-order valence-corrected chi connectivity index (χ3v) is 12.7. The largest absolute Gasteiger partial charge is 0.348 e. The highest BCUT2D eigenvalue weighted by Gasteiger charge is 2.32. The van der Waals surface area contributed by atoms with Crippen LogP contribution in [-0.2, 0) is 38.4 Å². The summed E-state index contributed by atoms with van der Waals surface area (Å²) in [5.41, 5.74) is 2.84. The van der Waals surface area contributed by atoms with Gasteiger partial charge in [-0.2, -0.15) is 0 Å². The molecule has 0 radical (unpaired) electrons. The van der Waals surface area contributed by atoms with Gasteiger partial charge < -0.3 is 9.88 Å². The Labute approximate surface area is 286 Å². The number of rotatable bonds is 10. The van der Waals surface area contributed by atoms with E-state index in [2.05, 4.69) is 14.6 Å². The predicted molar refractivity (Wildman–Crippen MR) is 190 cm³/mol. The molecule has 8 nitrogen and oxygen atoms in total. The molecule has 1 heterocycles. The smallest absolute Gasteiger partial charge is 0.254 e. The molecule has 4 rings (SSSR count). The Morgan fingerprint density at radius 3 is 2.11 bits per heavy atom. The molecule has 0 spiro atoms. The molecule has 0 saturated heterocycles. The Morgan fingerprint density at radius 2 is 1.55 bits per heavy atom. The number of hydrogen-bond acceptors (Lipinski definition) is 5. The van der Waals surface area contributed by atoms with Gasteiger partial charge in [-0.1, -0.05) is 76.8 Å². The van der Waals surface area contributed by atoms with E-state index in [0.717, 1.165) is 29.7 Å². The number of nitrogens with one attached hydrogen (secondary N) is 2. The Balaban J connectivity index is 1.77. The summed E-state index contributed by atoms with van der Waals surface area (Å²) in [7, 11) is -7.14. The summed E-state index contributed by atoms with van der Waals surface area (Å²) in [6, 6.07) is 11.9. The van der Waals surface area contributed by atoms with E-state index in [4.69, 9.17) is 11.6 Å². The van der Waals surface area contributed by atoms with Crippen LogP contribution in [0.5, 0.6) is 0 Å². The van der Waals surface area contributed by atoms with E-state index in [1.807, 2.05) is 54.5 Å². The molecule has 0 aliphatic heterocycles. The van der Waals surface area contributed by atoms with E-state index < -0.39 is 30.8 Å². The summed E-state index contributed by atoms with van der Waals surface area (Å²) < 4.78 is 56.5. The Bertz CT molecular complexity index is 1830. The van der Waals surface area contributed by atoms with Gasteiger partial charge in [-0.15, -0.1) is 0 Å². The van der Waals surface area contributed by atoms with Crippen molar-refractivity contribution in [1.29, 1.82) is 0 Å². The van der Waals surface area contributed by atoms with Crippen LogP contribution in [-0.4, -0.2) is 38.6 Å². The van der Waals surface area contributed by atoms with Gasteiger partial charge in [-0.25, -0.2) is 21.6 Å². The molecule has 11 heteroatoms. The van der Waals surface area contributed by atoms with Gasteiger partial charge in [0.1, 0.15) is 0 Å². The lowest BCUT2D eigenvalue weighted by atomic mass is 9.85. The number of sulfonamides is 1. The molecule has 258 valence electrons. The topological polar surface area (TPSA) is 114 Å². The van der Waals surface area contributed by atoms with Crippen molar-refractivity contribution in [3.8, 4) is 11.3 Å². The number of carbonyl (C=O) groups excluding carboxylic acids is 1. The van der Waals surface area contributed by atoms with Crippen molar-refractivity contribution in [1.82, 2.24) is 14.6 Å². The molecule has 1 fully saturated rings. The highest BCUT2D eigenvalue weighted by atomic mass is 35.5. The van der Waals surface area contributed by atoms with Gasteiger partial charge in [-0.05, 0) is 87.3 Å². The molecule has 3 aromatic rings. The number of halogens is 1. The van der Waals surface area contributed by atoms with Crippen molar-refractivity contribution in [2.45, 2.75) is 121 Å². The highest BCUT2D eigenvalue weighted by Crippen LogP contribution is 2.41. The van der Waals surface area contributed by atoms with Crippen LogP contribution >= 0.6 is 11.6 Å². The fourth-order valence-corrected chi connectivity index (χ4v) is 9.44. The first-order valence-electron chi connectivity index (χ1n) is 16.4. The fourth-order valence-electron chi connectivity index (χ4n) is 6.31. The standard InChI is InChI=1S/C36H50ClN3O5S2/c1-9-46(42,43)28-18-15-25(16-19-28)22-38-34(41)31-24(2)40(23-26-13-11-10-12-14-26)33(32(31)37)27-17-20-30(29(21-27)35(3,4)5)47(44,45)39-36(6,7)8/h15-21,26,39H,9-14,22-23H2,1-8H3,(H,38,41). The Hall–Kier alpha value is -2.66. The summed E-state index contributed by atoms with van der Waals surface area (Å²) in [4.78, 5) is 14.2. The molecular weight excluding hydrogens is 654 g/mol. The van der Waals surface area contributed by atoms with Crippen LogP contribution in [0.2, 0.25) is 5.02 Å². The number of carbonyl (C=O) groups is 1. The SMILES string of the molecule is CCS(=O)(=O)c1ccc(CNC(=O)c2c(Cl)c(-c3ccc(S(=O)(=O)NC(C)(C)C)c(C(C)(C)C)c3)n(CC3CCCCC3)c2C)cc1. The Morgan fingerprint density at radius 1 is 0.936 bits per heavy atom. The van der Waals surface area contributed by atoms with Crippen molar-refractivity contribution in [2.75, 3.05) is 5.75 Å². The van der Waals surface area contributed by atoms with Crippen molar-refractivity contribution in [3.05, 3.63) is 69.9 Å². The molecular formula is C36H50ClN3O5S2. The van der Waals surface area contributed by atoms with Crippen LogP contribution in [0.3, 0.4) is 0 Å². The number of benzene rings is 2. The quantitative estimate of drug-likeness (QED) is 0.224. The van der Waals surface area contributed by atoms with Crippen LogP contribution in [0, 0.1) is 12.8 Å². The van der Waals surface area contributed by atoms with Gasteiger partial charge in [-0.3, -0.25) is 4.79 Å². The molecule has 2 N–H and O–H groups in total. The van der Waals surface area contributed by atoms with Gasteiger partial charge in [0.05, 0.1) is 31.8 Å². The van der Waals surface area contributed by atoms with E-state index in [0.29, 0.717) is 34.3 Å². The average Bonchev–Trinajstić information content (AvgIpc) is 3.23. The van der Waals surface area contributed by atoms with Gasteiger partial charge >= 0.3 is 0 Å².